The van der Waals surface area contributed by atoms with Gasteiger partial charge in [-0.25, -0.2) is 0 Å². The van der Waals surface area contributed by atoms with Gasteiger partial charge in [-0.15, -0.1) is 0 Å². The predicted molar refractivity (Wildman–Crippen MR) is 74.7 cm³/mol. The lowest BCUT2D eigenvalue weighted by Crippen LogP contribution is -2.36. The number of aliphatic carboxylic acids is 1. The summed E-state index contributed by atoms with van der Waals surface area (Å²) >= 11 is 0. The summed E-state index contributed by atoms with van der Waals surface area (Å²) in [6, 6.07) is 0. The number of hydrogen-bond donors (Lipinski definition) is 2. The van der Waals surface area contributed by atoms with Gasteiger partial charge in [0.15, 0.2) is 0 Å². The van der Waals surface area contributed by atoms with Crippen LogP contribution in [0.25, 0.3) is 0 Å². The van der Waals surface area contributed by atoms with Gasteiger partial charge in [0.2, 0.25) is 5.91 Å². The summed E-state index contributed by atoms with van der Waals surface area (Å²) < 4.78 is 0. The lowest BCUT2D eigenvalue weighted by Gasteiger charge is -2.20. The van der Waals surface area contributed by atoms with Crippen LogP contribution in [0, 0.1) is 23.2 Å². The lowest BCUT2D eigenvalue weighted by atomic mass is 9.91. The summed E-state index contributed by atoms with van der Waals surface area (Å²) in [6.07, 6.45) is 3.22. The number of carboxylic acids is 1. The number of nitrogens with one attached hydrogen (secondary N) is 1. The normalized spacial score (nSPS) is 27.3. The van der Waals surface area contributed by atoms with Crippen LogP contribution in [0.2, 0.25) is 0 Å². The van der Waals surface area contributed by atoms with Gasteiger partial charge >= 0.3 is 5.97 Å². The Bertz CT molecular complexity index is 333. The smallest absolute Gasteiger partial charge is 0.307 e. The molecule has 1 aliphatic rings. The summed E-state index contributed by atoms with van der Waals surface area (Å²) in [6.45, 7) is 9.07. The number of carboxylic acid groups (broad SMARTS) is 1. The van der Waals surface area contributed by atoms with Crippen molar-refractivity contribution in [3.8, 4) is 0 Å². The predicted octanol–water partition coefficient (Wildman–Crippen LogP) is 2.68. The number of amides is 1. The first-order chi connectivity index (χ1) is 8.74. The average Bonchev–Trinajstić information content (AvgIpc) is 2.71. The molecule has 4 nitrogen and oxygen atoms in total. The van der Waals surface area contributed by atoms with Crippen LogP contribution >= 0.6 is 0 Å². The van der Waals surface area contributed by atoms with Crippen LogP contribution in [0.1, 0.15) is 53.4 Å². The molecule has 1 amide bonds. The van der Waals surface area contributed by atoms with Crippen LogP contribution in [0.15, 0.2) is 0 Å². The molecule has 0 aromatic carbocycles. The third-order valence-corrected chi connectivity index (χ3v) is 4.07. The molecule has 1 rings (SSSR count). The number of rotatable bonds is 5. The van der Waals surface area contributed by atoms with E-state index >= 15 is 0 Å². The topological polar surface area (TPSA) is 66.4 Å². The molecule has 3 atom stereocenters. The zero-order valence-corrected chi connectivity index (χ0v) is 12.5. The molecule has 0 bridgehead atoms. The van der Waals surface area contributed by atoms with E-state index in [0.29, 0.717) is 18.9 Å². The quantitative estimate of drug-likeness (QED) is 0.806. The van der Waals surface area contributed by atoms with Gasteiger partial charge in [-0.3, -0.25) is 9.59 Å². The van der Waals surface area contributed by atoms with Crippen molar-refractivity contribution in [2.45, 2.75) is 53.4 Å². The number of carbonyl (C=O) groups is 2. The van der Waals surface area contributed by atoms with E-state index in [-0.39, 0.29) is 17.2 Å². The highest BCUT2D eigenvalue weighted by atomic mass is 16.4. The Labute approximate surface area is 116 Å². The maximum atomic E-state index is 12.1. The zero-order valence-electron chi connectivity index (χ0n) is 12.5. The summed E-state index contributed by atoms with van der Waals surface area (Å²) in [5.41, 5.74) is 0.182. The Hall–Kier alpha value is -1.06. The molecule has 0 heterocycles. The van der Waals surface area contributed by atoms with Crippen molar-refractivity contribution >= 4 is 11.9 Å². The number of carbonyl (C=O) groups excluding carboxylic acids is 1. The highest BCUT2D eigenvalue weighted by Crippen LogP contribution is 2.38. The monoisotopic (exact) mass is 269 g/mol. The second-order valence-corrected chi connectivity index (χ2v) is 6.90. The van der Waals surface area contributed by atoms with Crippen LogP contribution in [-0.2, 0) is 9.59 Å². The molecule has 0 saturated heterocycles. The van der Waals surface area contributed by atoms with Crippen LogP contribution in [-0.4, -0.2) is 23.5 Å². The van der Waals surface area contributed by atoms with E-state index in [1.807, 2.05) is 0 Å². The summed E-state index contributed by atoms with van der Waals surface area (Å²) in [7, 11) is 0. The standard InChI is InChI=1S/C15H27NO3/c1-5-10-8-11(12(9-10)14(18)19)13(17)16-7-6-15(2,3)4/h10-12H,5-9H2,1-4H3,(H,16,17)(H,18,19). The number of hydrogen-bond acceptors (Lipinski definition) is 2. The molecule has 0 aliphatic heterocycles. The maximum Gasteiger partial charge on any atom is 0.307 e. The van der Waals surface area contributed by atoms with Gasteiger partial charge in [0.05, 0.1) is 11.8 Å². The van der Waals surface area contributed by atoms with E-state index < -0.39 is 11.9 Å². The molecule has 0 radical (unpaired) electrons. The minimum Gasteiger partial charge on any atom is -0.481 e. The van der Waals surface area contributed by atoms with Gasteiger partial charge in [0.25, 0.3) is 0 Å². The van der Waals surface area contributed by atoms with Crippen LogP contribution < -0.4 is 5.32 Å². The maximum absolute atomic E-state index is 12.1. The molecular weight excluding hydrogens is 242 g/mol. The fraction of sp³-hybridized carbons (Fsp3) is 0.867. The summed E-state index contributed by atoms with van der Waals surface area (Å²) in [4.78, 5) is 23.4. The van der Waals surface area contributed by atoms with E-state index in [0.717, 1.165) is 19.3 Å². The minimum atomic E-state index is -0.827. The second kappa shape index (κ2) is 6.40. The van der Waals surface area contributed by atoms with E-state index in [1.54, 1.807) is 0 Å². The largest absolute Gasteiger partial charge is 0.481 e. The molecule has 0 aromatic heterocycles. The van der Waals surface area contributed by atoms with Gasteiger partial charge in [0, 0.05) is 6.54 Å². The average molecular weight is 269 g/mol. The Balaban J connectivity index is 2.52. The summed E-state index contributed by atoms with van der Waals surface area (Å²) in [5, 5.41) is 12.1. The third-order valence-electron chi connectivity index (χ3n) is 4.07. The molecule has 110 valence electrons. The molecule has 4 heteroatoms. The van der Waals surface area contributed by atoms with Gasteiger partial charge in [-0.05, 0) is 30.6 Å². The van der Waals surface area contributed by atoms with Crippen LogP contribution in [0.4, 0.5) is 0 Å². The Morgan fingerprint density at radius 1 is 1.21 bits per heavy atom. The third kappa shape index (κ3) is 4.84. The van der Waals surface area contributed by atoms with Gasteiger partial charge < -0.3 is 10.4 Å². The molecule has 1 aliphatic carbocycles. The van der Waals surface area contributed by atoms with Gasteiger partial charge in [-0.1, -0.05) is 34.1 Å². The molecular formula is C15H27NO3. The second-order valence-electron chi connectivity index (χ2n) is 6.90. The van der Waals surface area contributed by atoms with Crippen molar-refractivity contribution < 1.29 is 14.7 Å². The molecule has 0 spiro atoms. The molecule has 3 unspecified atom stereocenters. The van der Waals surface area contributed by atoms with Gasteiger partial charge in [-0.2, -0.15) is 0 Å². The van der Waals surface area contributed by atoms with Crippen LogP contribution in [0.5, 0.6) is 0 Å². The summed E-state index contributed by atoms with van der Waals surface area (Å²) in [5.74, 6) is -1.37. The zero-order chi connectivity index (χ0) is 14.6. The van der Waals surface area contributed by atoms with E-state index in [1.165, 1.54) is 0 Å². The van der Waals surface area contributed by atoms with E-state index in [4.69, 9.17) is 0 Å². The first kappa shape index (κ1) is 16.0. The van der Waals surface area contributed by atoms with Crippen molar-refractivity contribution in [2.24, 2.45) is 23.2 Å². The fourth-order valence-corrected chi connectivity index (χ4v) is 2.73. The Morgan fingerprint density at radius 2 is 1.79 bits per heavy atom. The minimum absolute atomic E-state index is 0.0763. The van der Waals surface area contributed by atoms with Crippen molar-refractivity contribution in [1.82, 2.24) is 5.32 Å². The van der Waals surface area contributed by atoms with E-state index in [9.17, 15) is 14.7 Å². The van der Waals surface area contributed by atoms with Crippen molar-refractivity contribution in [1.29, 1.82) is 0 Å². The molecule has 2 N–H and O–H groups in total. The highest BCUT2D eigenvalue weighted by Gasteiger charge is 2.41. The van der Waals surface area contributed by atoms with Crippen LogP contribution in [0.3, 0.4) is 0 Å². The fourth-order valence-electron chi connectivity index (χ4n) is 2.73. The first-order valence-electron chi connectivity index (χ1n) is 7.25. The van der Waals surface area contributed by atoms with Crippen molar-refractivity contribution in [3.63, 3.8) is 0 Å². The van der Waals surface area contributed by atoms with Crippen molar-refractivity contribution in [2.75, 3.05) is 6.54 Å². The molecule has 19 heavy (non-hydrogen) atoms. The SMILES string of the molecule is CCC1CC(C(=O)O)C(C(=O)NCCC(C)(C)C)C1. The van der Waals surface area contributed by atoms with Crippen molar-refractivity contribution in [3.05, 3.63) is 0 Å². The molecule has 1 fully saturated rings. The molecule has 1 saturated carbocycles. The Kier molecular flexibility index (Phi) is 5.39. The first-order valence-corrected chi connectivity index (χ1v) is 7.25. The van der Waals surface area contributed by atoms with E-state index in [2.05, 4.69) is 33.0 Å². The molecule has 0 aromatic rings. The Morgan fingerprint density at radius 3 is 2.26 bits per heavy atom. The van der Waals surface area contributed by atoms with Gasteiger partial charge in [0.1, 0.15) is 0 Å². The lowest BCUT2D eigenvalue weighted by molar-refractivity contribution is -0.146. The highest BCUT2D eigenvalue weighted by molar-refractivity contribution is 5.85.